The number of hydrogen-bond donors (Lipinski definition) is 2. The minimum Gasteiger partial charge on any atom is -0.454 e. The number of nitrogens with zero attached hydrogens (tertiary/aromatic N) is 2. The third-order valence-corrected chi connectivity index (χ3v) is 5.38. The van der Waals surface area contributed by atoms with Crippen molar-refractivity contribution in [3.63, 3.8) is 0 Å². The fourth-order valence-corrected chi connectivity index (χ4v) is 3.87. The smallest absolute Gasteiger partial charge is 0.231 e. The van der Waals surface area contributed by atoms with Crippen LogP contribution in [-0.4, -0.2) is 50.0 Å². The Labute approximate surface area is 207 Å². The van der Waals surface area contributed by atoms with Gasteiger partial charge in [-0.1, -0.05) is 30.3 Å². The molecule has 0 spiro atoms. The molecular formula is C24H33IN4O3. The largest absolute Gasteiger partial charge is 0.454 e. The summed E-state index contributed by atoms with van der Waals surface area (Å²) in [5.74, 6) is 2.40. The van der Waals surface area contributed by atoms with E-state index in [1.54, 1.807) is 0 Å². The predicted molar refractivity (Wildman–Crippen MR) is 137 cm³/mol. The molecule has 0 bridgehead atoms. The van der Waals surface area contributed by atoms with Crippen molar-refractivity contribution in [2.45, 2.75) is 39.6 Å². The molecule has 174 valence electrons. The summed E-state index contributed by atoms with van der Waals surface area (Å²) in [5.41, 5.74) is 3.65. The molecule has 2 aromatic rings. The van der Waals surface area contributed by atoms with E-state index in [4.69, 9.17) is 19.2 Å². The van der Waals surface area contributed by atoms with Crippen molar-refractivity contribution in [1.29, 1.82) is 0 Å². The Morgan fingerprint density at radius 1 is 1.06 bits per heavy atom. The van der Waals surface area contributed by atoms with E-state index in [1.807, 2.05) is 18.2 Å². The summed E-state index contributed by atoms with van der Waals surface area (Å²) in [6, 6.07) is 14.7. The van der Waals surface area contributed by atoms with Crippen molar-refractivity contribution in [1.82, 2.24) is 15.5 Å². The van der Waals surface area contributed by atoms with Gasteiger partial charge in [-0.05, 0) is 42.7 Å². The fraction of sp³-hybridized carbons (Fsp3) is 0.458. The highest BCUT2D eigenvalue weighted by Gasteiger charge is 2.16. The molecule has 32 heavy (non-hydrogen) atoms. The molecule has 2 aliphatic heterocycles. The van der Waals surface area contributed by atoms with E-state index in [2.05, 4.69) is 53.6 Å². The first-order valence-corrected chi connectivity index (χ1v) is 11.0. The van der Waals surface area contributed by atoms with Crippen LogP contribution >= 0.6 is 24.0 Å². The molecule has 0 aliphatic carbocycles. The van der Waals surface area contributed by atoms with Gasteiger partial charge in [0.15, 0.2) is 17.5 Å². The van der Waals surface area contributed by atoms with E-state index in [9.17, 15) is 0 Å². The lowest BCUT2D eigenvalue weighted by Gasteiger charge is -2.31. The molecule has 1 atom stereocenters. The molecule has 2 aliphatic rings. The van der Waals surface area contributed by atoms with Crippen LogP contribution in [0.5, 0.6) is 11.5 Å². The van der Waals surface area contributed by atoms with Gasteiger partial charge in [0.2, 0.25) is 6.79 Å². The molecule has 8 heteroatoms. The molecule has 2 N–H and O–H groups in total. The molecule has 0 aromatic heterocycles. The molecule has 0 radical (unpaired) electrons. The molecule has 1 fully saturated rings. The van der Waals surface area contributed by atoms with Gasteiger partial charge in [0, 0.05) is 32.7 Å². The number of aliphatic imine (C=N–C) groups is 1. The molecule has 0 amide bonds. The van der Waals surface area contributed by atoms with Gasteiger partial charge in [-0.15, -0.1) is 24.0 Å². The molecule has 1 unspecified atom stereocenters. The van der Waals surface area contributed by atoms with E-state index in [0.717, 1.165) is 55.8 Å². The second kappa shape index (κ2) is 12.3. The molecule has 2 aromatic carbocycles. The maximum absolute atomic E-state index is 5.65. The van der Waals surface area contributed by atoms with Crippen LogP contribution in [0.3, 0.4) is 0 Å². The van der Waals surface area contributed by atoms with Crippen molar-refractivity contribution >= 4 is 29.9 Å². The summed E-state index contributed by atoms with van der Waals surface area (Å²) in [6.07, 6.45) is 0.306. The summed E-state index contributed by atoms with van der Waals surface area (Å²) in [6.45, 7) is 10.3. The summed E-state index contributed by atoms with van der Waals surface area (Å²) in [4.78, 5) is 7.23. The predicted octanol–water partition coefficient (Wildman–Crippen LogP) is 3.51. The molecule has 2 heterocycles. The first-order chi connectivity index (χ1) is 15.2. The zero-order valence-corrected chi connectivity index (χ0v) is 21.1. The number of ether oxygens (including phenoxy) is 3. The number of nitrogens with one attached hydrogen (secondary N) is 2. The highest BCUT2D eigenvalue weighted by atomic mass is 127. The van der Waals surface area contributed by atoms with Gasteiger partial charge in [-0.3, -0.25) is 4.90 Å². The topological polar surface area (TPSA) is 67.4 Å². The monoisotopic (exact) mass is 552 g/mol. The first-order valence-electron chi connectivity index (χ1n) is 11.0. The summed E-state index contributed by atoms with van der Waals surface area (Å²) in [5, 5.41) is 6.73. The van der Waals surface area contributed by atoms with Gasteiger partial charge in [0.1, 0.15) is 0 Å². The fourth-order valence-electron chi connectivity index (χ4n) is 3.87. The maximum atomic E-state index is 5.65. The molecule has 7 nitrogen and oxygen atoms in total. The molecular weight excluding hydrogens is 519 g/mol. The van der Waals surface area contributed by atoms with Crippen LogP contribution in [0.1, 0.15) is 30.5 Å². The van der Waals surface area contributed by atoms with Crippen molar-refractivity contribution in [3.8, 4) is 11.5 Å². The van der Waals surface area contributed by atoms with Crippen LogP contribution in [0.4, 0.5) is 0 Å². The second-order valence-corrected chi connectivity index (χ2v) is 7.97. The van der Waals surface area contributed by atoms with Crippen LogP contribution in [0.25, 0.3) is 0 Å². The van der Waals surface area contributed by atoms with Gasteiger partial charge in [0.25, 0.3) is 0 Å². The minimum absolute atomic E-state index is 0. The quantitative estimate of drug-likeness (QED) is 0.312. The number of benzene rings is 2. The van der Waals surface area contributed by atoms with Gasteiger partial charge in [-0.2, -0.15) is 0 Å². The zero-order chi connectivity index (χ0) is 21.5. The SMILES string of the molecule is CCNC(=NCc1cccc(CN2CCOC(C)C2)c1)NCc1ccc2c(c1)OCO2.I. The van der Waals surface area contributed by atoms with E-state index >= 15 is 0 Å². The van der Waals surface area contributed by atoms with Crippen LogP contribution < -0.4 is 20.1 Å². The molecule has 4 rings (SSSR count). The number of halogens is 1. The Bertz CT molecular complexity index is 909. The standard InChI is InChI=1S/C24H32N4O3.HI/c1-3-25-24(27-14-20-7-8-22-23(12-20)31-17-30-22)26-13-19-5-4-6-21(11-19)16-28-9-10-29-18(2)15-28;/h4-8,11-12,18H,3,9-10,13-17H2,1-2H3,(H2,25,26,27);1H. The number of guanidine groups is 1. The van der Waals surface area contributed by atoms with Crippen molar-refractivity contribution in [3.05, 3.63) is 59.2 Å². The number of rotatable bonds is 7. The Kier molecular flexibility index (Phi) is 9.43. The van der Waals surface area contributed by atoms with Gasteiger partial charge in [-0.25, -0.2) is 4.99 Å². The third-order valence-electron chi connectivity index (χ3n) is 5.38. The van der Waals surface area contributed by atoms with Crippen LogP contribution in [0.2, 0.25) is 0 Å². The van der Waals surface area contributed by atoms with Crippen LogP contribution in [-0.2, 0) is 24.4 Å². The summed E-state index contributed by atoms with van der Waals surface area (Å²) in [7, 11) is 0. The maximum Gasteiger partial charge on any atom is 0.231 e. The minimum atomic E-state index is 0. The second-order valence-electron chi connectivity index (χ2n) is 7.97. The van der Waals surface area contributed by atoms with Crippen molar-refractivity contribution in [2.24, 2.45) is 4.99 Å². The lowest BCUT2D eigenvalue weighted by molar-refractivity contribution is -0.0212. The molecule has 1 saturated heterocycles. The lowest BCUT2D eigenvalue weighted by atomic mass is 10.1. The van der Waals surface area contributed by atoms with Gasteiger partial charge < -0.3 is 24.8 Å². The third kappa shape index (κ3) is 6.98. The summed E-state index contributed by atoms with van der Waals surface area (Å²) >= 11 is 0. The van der Waals surface area contributed by atoms with Crippen LogP contribution in [0, 0.1) is 0 Å². The first kappa shape index (κ1) is 24.6. The molecule has 0 saturated carbocycles. The Morgan fingerprint density at radius 3 is 2.75 bits per heavy atom. The van der Waals surface area contributed by atoms with Crippen molar-refractivity contribution < 1.29 is 14.2 Å². The number of morpholine rings is 1. The van der Waals surface area contributed by atoms with E-state index in [-0.39, 0.29) is 24.0 Å². The highest BCUT2D eigenvalue weighted by molar-refractivity contribution is 14.0. The number of hydrogen-bond acceptors (Lipinski definition) is 5. The van der Waals surface area contributed by atoms with Crippen LogP contribution in [0.15, 0.2) is 47.5 Å². The number of fused-ring (bicyclic) bond motifs is 1. The lowest BCUT2D eigenvalue weighted by Crippen LogP contribution is -2.40. The summed E-state index contributed by atoms with van der Waals surface area (Å²) < 4.78 is 16.5. The Balaban J connectivity index is 0.00000289. The zero-order valence-electron chi connectivity index (χ0n) is 18.8. The Hall–Kier alpha value is -2.04. The van der Waals surface area contributed by atoms with E-state index in [1.165, 1.54) is 11.1 Å². The Morgan fingerprint density at radius 2 is 1.91 bits per heavy atom. The van der Waals surface area contributed by atoms with Gasteiger partial charge >= 0.3 is 0 Å². The van der Waals surface area contributed by atoms with Gasteiger partial charge in [0.05, 0.1) is 19.3 Å². The average Bonchev–Trinajstić information content (AvgIpc) is 3.24. The highest BCUT2D eigenvalue weighted by Crippen LogP contribution is 2.32. The van der Waals surface area contributed by atoms with Crippen molar-refractivity contribution in [2.75, 3.05) is 33.0 Å². The van der Waals surface area contributed by atoms with E-state index in [0.29, 0.717) is 26.0 Å². The average molecular weight is 552 g/mol. The van der Waals surface area contributed by atoms with E-state index < -0.39 is 0 Å². The normalized spacial score (nSPS) is 18.2.